The molecule has 11 aromatic rings. The van der Waals surface area contributed by atoms with Gasteiger partial charge in [0, 0.05) is 50.4 Å². The second-order valence-electron chi connectivity index (χ2n) is 21.7. The molecule has 71 heavy (non-hydrogen) atoms. The van der Waals surface area contributed by atoms with Gasteiger partial charge in [-0.25, -0.2) is 0 Å². The molecule has 0 amide bonds. The molecule has 2 heteroatoms. The van der Waals surface area contributed by atoms with Gasteiger partial charge in [-0.2, -0.15) is 0 Å². The van der Waals surface area contributed by atoms with Crippen molar-refractivity contribution in [1.29, 1.82) is 0 Å². The van der Waals surface area contributed by atoms with E-state index in [9.17, 15) is 0 Å². The van der Waals surface area contributed by atoms with Gasteiger partial charge in [0.05, 0.1) is 0 Å². The third-order valence-corrected chi connectivity index (χ3v) is 16.7. The Kier molecular flexibility index (Phi) is 8.76. The van der Waals surface area contributed by atoms with E-state index in [0.29, 0.717) is 0 Å². The molecule has 0 saturated heterocycles. The minimum Gasteiger partial charge on any atom is -0.310 e. The van der Waals surface area contributed by atoms with E-state index in [0.717, 1.165) is 34.1 Å². The van der Waals surface area contributed by atoms with Crippen molar-refractivity contribution in [2.75, 3.05) is 9.80 Å². The predicted molar refractivity (Wildman–Crippen MR) is 301 cm³/mol. The third kappa shape index (κ3) is 5.95. The highest BCUT2D eigenvalue weighted by Gasteiger charge is 2.40. The van der Waals surface area contributed by atoms with Crippen molar-refractivity contribution in [1.82, 2.24) is 0 Å². The summed E-state index contributed by atoms with van der Waals surface area (Å²) in [4.78, 5) is 4.89. The molecule has 0 aromatic heterocycles. The van der Waals surface area contributed by atoms with Crippen molar-refractivity contribution in [2.24, 2.45) is 0 Å². The average Bonchev–Trinajstić information content (AvgIpc) is 3.88. The van der Waals surface area contributed by atoms with Gasteiger partial charge >= 0.3 is 0 Å². The molecule has 0 atom stereocenters. The highest BCUT2D eigenvalue weighted by Crippen LogP contribution is 2.57. The summed E-state index contributed by atoms with van der Waals surface area (Å²) in [5.41, 5.74) is 22.8. The van der Waals surface area contributed by atoms with Crippen molar-refractivity contribution < 1.29 is 0 Å². The monoisotopic (exact) mass is 910 g/mol. The van der Waals surface area contributed by atoms with E-state index < -0.39 is 0 Å². The third-order valence-electron chi connectivity index (χ3n) is 16.7. The van der Waals surface area contributed by atoms with Gasteiger partial charge in [-0.1, -0.05) is 175 Å². The van der Waals surface area contributed by atoms with Gasteiger partial charge in [0.15, 0.2) is 0 Å². The number of para-hydroxylation sites is 2. The molecule has 2 nitrogen and oxygen atoms in total. The van der Waals surface area contributed by atoms with Crippen molar-refractivity contribution in [3.63, 3.8) is 0 Å². The normalized spacial score (nSPS) is 15.0. The van der Waals surface area contributed by atoms with Crippen molar-refractivity contribution >= 4 is 66.4 Å². The number of hydrogen-bond donors (Lipinski definition) is 0. The maximum atomic E-state index is 2.50. The van der Waals surface area contributed by atoms with E-state index in [1.54, 1.807) is 0 Å². The first-order chi connectivity index (χ1) is 34.5. The Balaban J connectivity index is 0.908. The van der Waals surface area contributed by atoms with Crippen LogP contribution in [0.5, 0.6) is 0 Å². The van der Waals surface area contributed by atoms with Crippen LogP contribution < -0.4 is 9.80 Å². The van der Waals surface area contributed by atoms with E-state index in [1.807, 2.05) is 0 Å². The summed E-state index contributed by atoms with van der Waals surface area (Å²) in [6, 6.07) is 82.1. The molecule has 0 N–H and O–H groups in total. The van der Waals surface area contributed by atoms with E-state index in [-0.39, 0.29) is 16.2 Å². The zero-order valence-electron chi connectivity index (χ0n) is 41.2. The molecule has 3 aliphatic carbocycles. The highest BCUT2D eigenvalue weighted by molar-refractivity contribution is 6.19. The van der Waals surface area contributed by atoms with Crippen molar-refractivity contribution in [3.05, 3.63) is 252 Å². The standard InChI is InChI=1S/C69H54N2/c1-67(2)60-27-17-15-24-52(60)54-34-31-49(41-63(54)67)70(45-19-9-7-10-20-45)47-30-29-43-38-59-62(39-44(43)37-47)69(5,6)66-57-36-33-48(40-58(57)51-23-13-14-26-56(51)65(59)66)71(46-21-11-8-12-22-46)50-32-35-55-53-25-16-18-28-61(53)68(3,4)64(55)42-50/h7-42H,1-6H3. The lowest BCUT2D eigenvalue weighted by Crippen LogP contribution is -2.17. The zero-order chi connectivity index (χ0) is 48.0. The Hall–Kier alpha value is -8.20. The van der Waals surface area contributed by atoms with Gasteiger partial charge in [-0.3, -0.25) is 0 Å². The Morgan fingerprint density at radius 2 is 0.704 bits per heavy atom. The molecule has 0 radical (unpaired) electrons. The fourth-order valence-corrected chi connectivity index (χ4v) is 13.2. The fourth-order valence-electron chi connectivity index (χ4n) is 13.2. The number of benzene rings is 11. The SMILES string of the molecule is CC1(C)c2ccccc2-c2ccc(N(c3ccccc3)c3ccc4cc5c(cc4c3)C(C)(C)c3c-5c4ccccc4c4cc(N(c5ccccc5)c5ccc6c(c5)C(C)(C)c5ccccc5-6)ccc34)cc21. The Morgan fingerprint density at radius 3 is 1.30 bits per heavy atom. The number of anilines is 6. The summed E-state index contributed by atoms with van der Waals surface area (Å²) in [6.07, 6.45) is 0. The van der Waals surface area contributed by atoms with E-state index in [2.05, 4.69) is 270 Å². The van der Waals surface area contributed by atoms with Gasteiger partial charge in [0.25, 0.3) is 0 Å². The first kappa shape index (κ1) is 41.7. The Labute approximate surface area is 417 Å². The lowest BCUT2D eigenvalue weighted by molar-refractivity contribution is 0.660. The first-order valence-electron chi connectivity index (χ1n) is 25.3. The molecule has 0 aliphatic heterocycles. The van der Waals surface area contributed by atoms with E-state index in [4.69, 9.17) is 0 Å². The molecular formula is C69H54N2. The molecule has 0 unspecified atom stereocenters. The van der Waals surface area contributed by atoms with Crippen LogP contribution in [0.15, 0.2) is 218 Å². The van der Waals surface area contributed by atoms with E-state index >= 15 is 0 Å². The van der Waals surface area contributed by atoms with E-state index in [1.165, 1.54) is 99.1 Å². The second kappa shape index (κ2) is 14.9. The molecule has 3 aliphatic rings. The number of nitrogens with zero attached hydrogens (tertiary/aromatic N) is 2. The van der Waals surface area contributed by atoms with Gasteiger partial charge in [-0.15, -0.1) is 0 Å². The van der Waals surface area contributed by atoms with Crippen LogP contribution in [0.1, 0.15) is 74.9 Å². The van der Waals surface area contributed by atoms with Crippen LogP contribution in [-0.4, -0.2) is 0 Å². The molecule has 340 valence electrons. The minimum atomic E-state index is -0.266. The molecule has 0 spiro atoms. The zero-order valence-corrected chi connectivity index (χ0v) is 41.2. The number of fused-ring (bicyclic) bond motifs is 15. The van der Waals surface area contributed by atoms with Crippen LogP contribution in [-0.2, 0) is 16.2 Å². The Bertz CT molecular complexity index is 4030. The topological polar surface area (TPSA) is 6.48 Å². The molecule has 0 bridgehead atoms. The molecule has 14 rings (SSSR count). The number of hydrogen-bond acceptors (Lipinski definition) is 2. The summed E-state index contributed by atoms with van der Waals surface area (Å²) in [5.74, 6) is 0. The summed E-state index contributed by atoms with van der Waals surface area (Å²) >= 11 is 0. The summed E-state index contributed by atoms with van der Waals surface area (Å²) < 4.78 is 0. The maximum absolute atomic E-state index is 2.50. The van der Waals surface area contributed by atoms with Crippen LogP contribution in [0.4, 0.5) is 34.1 Å². The van der Waals surface area contributed by atoms with Gasteiger partial charge in [0.1, 0.15) is 0 Å². The molecule has 11 aromatic carbocycles. The van der Waals surface area contributed by atoms with Crippen LogP contribution in [0, 0.1) is 0 Å². The van der Waals surface area contributed by atoms with Crippen LogP contribution in [0.2, 0.25) is 0 Å². The molecule has 0 saturated carbocycles. The first-order valence-corrected chi connectivity index (χ1v) is 25.3. The van der Waals surface area contributed by atoms with Crippen LogP contribution in [0.3, 0.4) is 0 Å². The van der Waals surface area contributed by atoms with Gasteiger partial charge in [0.2, 0.25) is 0 Å². The maximum Gasteiger partial charge on any atom is 0.0468 e. The lowest BCUT2D eigenvalue weighted by Gasteiger charge is -2.29. The highest BCUT2D eigenvalue weighted by atomic mass is 15.1. The van der Waals surface area contributed by atoms with Crippen molar-refractivity contribution in [3.8, 4) is 33.4 Å². The number of rotatable bonds is 6. The molecule has 0 heterocycles. The summed E-state index contributed by atoms with van der Waals surface area (Å²) in [6.45, 7) is 14.3. The largest absolute Gasteiger partial charge is 0.310 e. The fraction of sp³-hybridized carbons (Fsp3) is 0.130. The lowest BCUT2D eigenvalue weighted by atomic mass is 9.79. The van der Waals surface area contributed by atoms with Gasteiger partial charge in [-0.05, 0) is 184 Å². The molecule has 0 fully saturated rings. The van der Waals surface area contributed by atoms with Gasteiger partial charge < -0.3 is 9.80 Å². The summed E-state index contributed by atoms with van der Waals surface area (Å²) in [5, 5.41) is 7.65. The quantitative estimate of drug-likeness (QED) is 0.153. The summed E-state index contributed by atoms with van der Waals surface area (Å²) in [7, 11) is 0. The minimum absolute atomic E-state index is 0.0981. The van der Waals surface area contributed by atoms with Crippen LogP contribution in [0.25, 0.3) is 65.7 Å². The van der Waals surface area contributed by atoms with Crippen LogP contribution >= 0.6 is 0 Å². The molecular weight excluding hydrogens is 857 g/mol. The van der Waals surface area contributed by atoms with Crippen molar-refractivity contribution in [2.45, 2.75) is 57.8 Å². The second-order valence-corrected chi connectivity index (χ2v) is 21.7. The predicted octanol–water partition coefficient (Wildman–Crippen LogP) is 19.0. The smallest absolute Gasteiger partial charge is 0.0468 e. The Morgan fingerprint density at radius 1 is 0.254 bits per heavy atom. The average molecular weight is 911 g/mol.